The average Bonchev–Trinajstić information content (AvgIpc) is 3.26. The molecule has 284 valence electrons. The van der Waals surface area contributed by atoms with Crippen LogP contribution >= 0.6 is 0 Å². The lowest BCUT2D eigenvalue weighted by Gasteiger charge is -2.69. The number of ether oxygens (including phenoxy) is 1. The third-order valence-corrected chi connectivity index (χ3v) is 14.3. The second kappa shape index (κ2) is 13.3. The van der Waals surface area contributed by atoms with E-state index in [1.54, 1.807) is 20.8 Å². The van der Waals surface area contributed by atoms with Crippen LogP contribution in [0.2, 0.25) is 0 Å². The maximum Gasteiger partial charge on any atom is 0.416 e. The number of aliphatic carboxylic acids is 1. The zero-order chi connectivity index (χ0) is 38.2. The van der Waals surface area contributed by atoms with Crippen molar-refractivity contribution in [3.05, 3.63) is 63.9 Å². The minimum atomic E-state index is -5.02. The maximum absolute atomic E-state index is 13.8. The van der Waals surface area contributed by atoms with Gasteiger partial charge in [-0.2, -0.15) is 26.3 Å². The molecule has 0 saturated heterocycles. The van der Waals surface area contributed by atoms with Gasteiger partial charge in [0.25, 0.3) is 0 Å². The number of hydrogen-bond acceptors (Lipinski definition) is 3. The van der Waals surface area contributed by atoms with E-state index in [1.165, 1.54) is 0 Å². The Hall–Kier alpha value is -2.75. The molecule has 0 bridgehead atoms. The standard InChI is InChI=1S/C41H54F6O4/c1-21(2)28(25-16-26(40(42,43)44)18-27(17-25)41(45,46)47)10-11-29(36(49)50)34-31-19-32(48)35-37(7)14-12-23(5)24(6)30(37)13-15-38(35,8)39(31,9)20-33(34)51-22(3)4/h16-18,23-24,30-33,35,48H,3,10-15,19-20H2,1-2,4-9H3,(H,49,50)/b34-29+/t23-,24+,30+,31+,32-,33?,35+,37+,38+,39+/m1/s1. The molecule has 4 aliphatic rings. The van der Waals surface area contributed by atoms with Gasteiger partial charge in [0, 0.05) is 5.57 Å². The minimum absolute atomic E-state index is 0.000861. The van der Waals surface area contributed by atoms with Crippen LogP contribution in [0.4, 0.5) is 26.3 Å². The smallest absolute Gasteiger partial charge is 0.416 e. The van der Waals surface area contributed by atoms with Crippen LogP contribution in [0.3, 0.4) is 0 Å². The Bertz CT molecular complexity index is 1590. The van der Waals surface area contributed by atoms with E-state index < -0.39 is 47.1 Å². The van der Waals surface area contributed by atoms with E-state index in [9.17, 15) is 41.4 Å². The quantitative estimate of drug-likeness (QED) is 0.167. The zero-order valence-corrected chi connectivity index (χ0v) is 31.1. The molecule has 0 amide bonds. The highest BCUT2D eigenvalue weighted by molar-refractivity contribution is 5.88. The van der Waals surface area contributed by atoms with Crippen molar-refractivity contribution in [3.63, 3.8) is 0 Å². The lowest BCUT2D eigenvalue weighted by Crippen LogP contribution is -2.65. The number of fused-ring (bicyclic) bond motifs is 5. The zero-order valence-electron chi connectivity index (χ0n) is 31.1. The van der Waals surface area contributed by atoms with E-state index in [1.807, 2.05) is 0 Å². The molecular formula is C41H54F6O4. The molecule has 1 unspecified atom stereocenters. The fourth-order valence-corrected chi connectivity index (χ4v) is 11.6. The van der Waals surface area contributed by atoms with Crippen LogP contribution in [0.25, 0.3) is 5.57 Å². The number of aliphatic hydroxyl groups excluding tert-OH is 1. The normalized spacial score (nSPS) is 37.5. The molecule has 4 saturated carbocycles. The fraction of sp³-hybridized carbons (Fsp3) is 0.683. The third-order valence-electron chi connectivity index (χ3n) is 14.3. The molecular weight excluding hydrogens is 670 g/mol. The van der Waals surface area contributed by atoms with Crippen molar-refractivity contribution in [2.24, 2.45) is 45.8 Å². The summed E-state index contributed by atoms with van der Waals surface area (Å²) in [6.07, 6.45) is -6.74. The highest BCUT2D eigenvalue weighted by Gasteiger charge is 2.70. The number of carbonyl (C=O) groups is 1. The molecule has 5 rings (SSSR count). The van der Waals surface area contributed by atoms with Crippen molar-refractivity contribution in [2.75, 3.05) is 0 Å². The minimum Gasteiger partial charge on any atom is -0.491 e. The summed E-state index contributed by atoms with van der Waals surface area (Å²) in [5, 5.41) is 23.0. The van der Waals surface area contributed by atoms with Crippen LogP contribution in [0, 0.1) is 45.8 Å². The monoisotopic (exact) mass is 724 g/mol. The van der Waals surface area contributed by atoms with Crippen LogP contribution in [0.5, 0.6) is 0 Å². The molecule has 0 aromatic heterocycles. The SMILES string of the molecule is C=C(C)OC1C[C@@]2(C)[C@@H](C[C@@H](O)[C@H]3[C@@]4(C)CC[C@@H](C)[C@H](C)[C@@H]4CC[C@@]32C)/C1=C(/CCC(=C(C)C)c1cc(C(F)(F)F)cc(C(F)(F)F)c1)C(=O)O. The first-order valence-corrected chi connectivity index (χ1v) is 18.3. The molecule has 10 atom stereocenters. The Balaban J connectivity index is 1.59. The number of aliphatic hydroxyl groups is 1. The van der Waals surface area contributed by atoms with E-state index in [0.29, 0.717) is 59.6 Å². The van der Waals surface area contributed by atoms with Gasteiger partial charge in [0.05, 0.1) is 23.0 Å². The average molecular weight is 725 g/mol. The third kappa shape index (κ3) is 6.69. The summed E-state index contributed by atoms with van der Waals surface area (Å²) in [5.41, 5.74) is -2.69. The van der Waals surface area contributed by atoms with Gasteiger partial charge in [-0.1, -0.05) is 46.8 Å². The molecule has 4 fully saturated rings. The van der Waals surface area contributed by atoms with E-state index >= 15 is 0 Å². The number of alkyl halides is 6. The number of rotatable bonds is 7. The van der Waals surface area contributed by atoms with Gasteiger partial charge < -0.3 is 14.9 Å². The van der Waals surface area contributed by atoms with Gasteiger partial charge in [-0.05, 0) is 153 Å². The van der Waals surface area contributed by atoms with Crippen molar-refractivity contribution < 1.29 is 46.1 Å². The molecule has 1 aromatic rings. The fourth-order valence-electron chi connectivity index (χ4n) is 11.6. The van der Waals surface area contributed by atoms with E-state index in [4.69, 9.17) is 4.74 Å². The molecule has 0 heterocycles. The first kappa shape index (κ1) is 39.5. The van der Waals surface area contributed by atoms with Crippen LogP contribution < -0.4 is 0 Å². The summed E-state index contributed by atoms with van der Waals surface area (Å²) < 4.78 is 89.1. The van der Waals surface area contributed by atoms with Crippen molar-refractivity contribution in [2.45, 2.75) is 131 Å². The summed E-state index contributed by atoms with van der Waals surface area (Å²) in [6.45, 7) is 20.3. The van der Waals surface area contributed by atoms with Crippen molar-refractivity contribution in [1.29, 1.82) is 0 Å². The Labute approximate surface area is 298 Å². The molecule has 51 heavy (non-hydrogen) atoms. The van der Waals surface area contributed by atoms with Gasteiger partial charge in [-0.3, -0.25) is 0 Å². The number of carboxylic acids is 1. The topological polar surface area (TPSA) is 66.8 Å². The molecule has 1 aromatic carbocycles. The largest absolute Gasteiger partial charge is 0.491 e. The van der Waals surface area contributed by atoms with Crippen molar-refractivity contribution in [3.8, 4) is 0 Å². The van der Waals surface area contributed by atoms with Gasteiger partial charge in [-0.15, -0.1) is 0 Å². The molecule has 0 radical (unpaired) electrons. The summed E-state index contributed by atoms with van der Waals surface area (Å²) in [7, 11) is 0. The van der Waals surface area contributed by atoms with Crippen LogP contribution in [0.15, 0.2) is 47.3 Å². The number of hydrogen-bond donors (Lipinski definition) is 2. The lowest BCUT2D eigenvalue weighted by atomic mass is 9.36. The number of allylic oxidation sites excluding steroid dienone is 3. The van der Waals surface area contributed by atoms with E-state index in [-0.39, 0.29) is 58.3 Å². The number of carboxylic acid groups (broad SMARTS) is 1. The van der Waals surface area contributed by atoms with Gasteiger partial charge >= 0.3 is 18.3 Å². The Morgan fingerprint density at radius 3 is 2.02 bits per heavy atom. The summed E-state index contributed by atoms with van der Waals surface area (Å²) in [4.78, 5) is 13.2. The predicted octanol–water partition coefficient (Wildman–Crippen LogP) is 11.5. The second-order valence-corrected chi connectivity index (χ2v) is 17.2. The lowest BCUT2D eigenvalue weighted by molar-refractivity contribution is -0.229. The van der Waals surface area contributed by atoms with Gasteiger partial charge in [0.2, 0.25) is 0 Å². The molecule has 0 aliphatic heterocycles. The van der Waals surface area contributed by atoms with Gasteiger partial charge in [-0.25, -0.2) is 4.79 Å². The Kier molecular flexibility index (Phi) is 10.3. The summed E-state index contributed by atoms with van der Waals surface area (Å²) >= 11 is 0. The second-order valence-electron chi connectivity index (χ2n) is 17.2. The Morgan fingerprint density at radius 2 is 1.51 bits per heavy atom. The first-order valence-electron chi connectivity index (χ1n) is 18.3. The van der Waals surface area contributed by atoms with Crippen molar-refractivity contribution in [1.82, 2.24) is 0 Å². The maximum atomic E-state index is 13.8. The van der Waals surface area contributed by atoms with Crippen molar-refractivity contribution >= 4 is 11.5 Å². The first-order chi connectivity index (χ1) is 23.4. The highest BCUT2D eigenvalue weighted by atomic mass is 19.4. The van der Waals surface area contributed by atoms with Crippen LogP contribution in [0.1, 0.15) is 123 Å². The van der Waals surface area contributed by atoms with Crippen LogP contribution in [-0.4, -0.2) is 28.4 Å². The summed E-state index contributed by atoms with van der Waals surface area (Å²) in [6, 6.07) is 1.50. The molecule has 4 aliphatic carbocycles. The molecule has 0 spiro atoms. The van der Waals surface area contributed by atoms with Crippen LogP contribution in [-0.2, 0) is 21.9 Å². The Morgan fingerprint density at radius 1 is 0.922 bits per heavy atom. The van der Waals surface area contributed by atoms with E-state index in [2.05, 4.69) is 41.2 Å². The number of halogens is 6. The molecule has 10 heteroatoms. The summed E-state index contributed by atoms with van der Waals surface area (Å²) in [5.74, 6) is 0.432. The van der Waals surface area contributed by atoms with Gasteiger partial charge in [0.1, 0.15) is 6.10 Å². The van der Waals surface area contributed by atoms with Gasteiger partial charge in [0.15, 0.2) is 0 Å². The van der Waals surface area contributed by atoms with E-state index in [0.717, 1.165) is 25.7 Å². The predicted molar refractivity (Wildman–Crippen MR) is 185 cm³/mol. The molecule has 4 nitrogen and oxygen atoms in total. The molecule has 2 N–H and O–H groups in total. The highest BCUT2D eigenvalue weighted by Crippen LogP contribution is 2.74. The number of benzene rings is 1.